The Morgan fingerprint density at radius 1 is 0.952 bits per heavy atom. The van der Waals surface area contributed by atoms with Gasteiger partial charge in [0.15, 0.2) is 0 Å². The van der Waals surface area contributed by atoms with E-state index < -0.39 is 30.7 Å². The van der Waals surface area contributed by atoms with Crippen molar-refractivity contribution in [2.45, 2.75) is 62.6 Å². The zero-order valence-electron chi connectivity index (χ0n) is 12.4. The van der Waals surface area contributed by atoms with Crippen LogP contribution in [0.5, 0.6) is 0 Å². The van der Waals surface area contributed by atoms with Gasteiger partial charge in [-0.25, -0.2) is 0 Å². The second kappa shape index (κ2) is 9.68. The van der Waals surface area contributed by atoms with E-state index in [1.54, 1.807) is 0 Å². The first-order chi connectivity index (χ1) is 10.0. The maximum atomic E-state index is 9.74. The van der Waals surface area contributed by atoms with Crippen LogP contribution in [0.25, 0.3) is 0 Å². The summed E-state index contributed by atoms with van der Waals surface area (Å²) in [6.45, 7) is 0.582. The predicted octanol–water partition coefficient (Wildman–Crippen LogP) is -1.29. The molecule has 1 aliphatic heterocycles. The van der Waals surface area contributed by atoms with E-state index in [1.165, 1.54) is 0 Å². The minimum atomic E-state index is -2.07. The molecule has 0 amide bonds. The third-order valence-corrected chi connectivity index (χ3v) is 3.86. The third-order valence-electron chi connectivity index (χ3n) is 3.86. The molecule has 0 spiro atoms. The topological polar surface area (TPSA) is 122 Å². The summed E-state index contributed by atoms with van der Waals surface area (Å²) in [5.41, 5.74) is 0. The molecule has 0 unspecified atom stereocenters. The molecular formula is C14H29NO6. The van der Waals surface area contributed by atoms with E-state index in [2.05, 4.69) is 5.32 Å². The summed E-state index contributed by atoms with van der Waals surface area (Å²) in [4.78, 5) is 0. The predicted molar refractivity (Wildman–Crippen MR) is 76.6 cm³/mol. The van der Waals surface area contributed by atoms with Crippen molar-refractivity contribution in [1.29, 1.82) is 0 Å². The molecule has 1 fully saturated rings. The number of unbranched alkanes of at least 4 members (excludes halogenated alkanes) is 5. The first kappa shape index (κ1) is 18.8. The van der Waals surface area contributed by atoms with Crippen molar-refractivity contribution < 1.29 is 30.3 Å². The molecule has 1 rings (SSSR count). The number of nitrogens with one attached hydrogen (secondary N) is 1. The Bertz CT molecular complexity index is 280. The number of aliphatic hydroxyl groups excluding tert-OH is 4. The number of ether oxygens (including phenoxy) is 1. The van der Waals surface area contributed by atoms with E-state index in [0.717, 1.165) is 45.1 Å². The first-order valence-corrected chi connectivity index (χ1v) is 7.74. The van der Waals surface area contributed by atoms with E-state index in [4.69, 9.17) is 14.9 Å². The van der Waals surface area contributed by atoms with Crippen LogP contribution in [0.15, 0.2) is 0 Å². The Kier molecular flexibility index (Phi) is 8.65. The van der Waals surface area contributed by atoms with Crippen molar-refractivity contribution in [3.8, 4) is 0 Å². The zero-order valence-corrected chi connectivity index (χ0v) is 12.4. The maximum absolute atomic E-state index is 9.74. The number of hydrogen-bond acceptors (Lipinski definition) is 7. The molecule has 7 nitrogen and oxygen atoms in total. The highest BCUT2D eigenvalue weighted by atomic mass is 16.7. The summed E-state index contributed by atoms with van der Waals surface area (Å²) < 4.78 is 5.11. The summed E-state index contributed by atoms with van der Waals surface area (Å²) >= 11 is 0. The normalized spacial score (nSPS) is 32.7. The average Bonchev–Trinajstić information content (AvgIpc) is 2.70. The average molecular weight is 307 g/mol. The van der Waals surface area contributed by atoms with Gasteiger partial charge in [0, 0.05) is 13.2 Å². The second-order valence-corrected chi connectivity index (χ2v) is 5.64. The fourth-order valence-corrected chi connectivity index (χ4v) is 2.48. The smallest absolute Gasteiger partial charge is 0.219 e. The first-order valence-electron chi connectivity index (χ1n) is 7.74. The minimum Gasteiger partial charge on any atom is -0.396 e. The monoisotopic (exact) mass is 307 g/mol. The van der Waals surface area contributed by atoms with E-state index in [0.29, 0.717) is 6.54 Å². The molecule has 126 valence electrons. The van der Waals surface area contributed by atoms with Crippen molar-refractivity contribution in [2.75, 3.05) is 26.3 Å². The van der Waals surface area contributed by atoms with Gasteiger partial charge in [0.05, 0.1) is 6.61 Å². The van der Waals surface area contributed by atoms with Gasteiger partial charge in [0.1, 0.15) is 18.3 Å². The molecule has 0 bridgehead atoms. The van der Waals surface area contributed by atoms with E-state index >= 15 is 0 Å². The fraction of sp³-hybridized carbons (Fsp3) is 1.00. The Balaban J connectivity index is 2.06. The van der Waals surface area contributed by atoms with Crippen molar-refractivity contribution in [2.24, 2.45) is 0 Å². The van der Waals surface area contributed by atoms with Crippen molar-refractivity contribution in [1.82, 2.24) is 5.32 Å². The van der Waals surface area contributed by atoms with Crippen LogP contribution in [-0.4, -0.2) is 75.9 Å². The molecule has 0 saturated carbocycles. The highest BCUT2D eigenvalue weighted by molar-refractivity contribution is 4.95. The Hall–Kier alpha value is -0.280. The van der Waals surface area contributed by atoms with Crippen molar-refractivity contribution in [3.05, 3.63) is 0 Å². The molecule has 7 heteroatoms. The largest absolute Gasteiger partial charge is 0.396 e. The molecule has 0 aromatic rings. The Morgan fingerprint density at radius 2 is 1.57 bits per heavy atom. The molecule has 0 aromatic heterocycles. The molecule has 6 N–H and O–H groups in total. The SMILES string of the molecule is OCCCCCCCCNC[C@@H]1O[C@](O)(CO)[C@@H](O)[C@@H]1O. The molecule has 21 heavy (non-hydrogen) atoms. The molecule has 0 radical (unpaired) electrons. The molecule has 0 aliphatic carbocycles. The van der Waals surface area contributed by atoms with Crippen LogP contribution in [0.4, 0.5) is 0 Å². The maximum Gasteiger partial charge on any atom is 0.219 e. The van der Waals surface area contributed by atoms with Gasteiger partial charge in [-0.2, -0.15) is 0 Å². The summed E-state index contributed by atoms with van der Waals surface area (Å²) in [5.74, 6) is -2.07. The molecule has 1 aliphatic rings. The molecular weight excluding hydrogens is 278 g/mol. The van der Waals surface area contributed by atoms with Gasteiger partial charge in [-0.3, -0.25) is 0 Å². The number of aliphatic hydroxyl groups is 5. The van der Waals surface area contributed by atoms with Gasteiger partial charge in [0.2, 0.25) is 5.79 Å². The second-order valence-electron chi connectivity index (χ2n) is 5.64. The van der Waals surface area contributed by atoms with Crippen LogP contribution in [0.1, 0.15) is 38.5 Å². The minimum absolute atomic E-state index is 0.261. The lowest BCUT2D eigenvalue weighted by Gasteiger charge is -2.22. The third kappa shape index (κ3) is 5.78. The summed E-state index contributed by atoms with van der Waals surface area (Å²) in [5, 5.41) is 49.8. The van der Waals surface area contributed by atoms with Crippen LogP contribution in [0, 0.1) is 0 Å². The van der Waals surface area contributed by atoms with Crippen LogP contribution in [0.3, 0.4) is 0 Å². The highest BCUT2D eigenvalue weighted by Crippen LogP contribution is 2.28. The lowest BCUT2D eigenvalue weighted by Crippen LogP contribution is -2.46. The van der Waals surface area contributed by atoms with Crippen LogP contribution in [0.2, 0.25) is 0 Å². The van der Waals surface area contributed by atoms with E-state index in [1.807, 2.05) is 0 Å². The van der Waals surface area contributed by atoms with E-state index in [9.17, 15) is 15.3 Å². The van der Waals surface area contributed by atoms with Crippen molar-refractivity contribution >= 4 is 0 Å². The molecule has 0 aromatic carbocycles. The highest BCUT2D eigenvalue weighted by Gasteiger charge is 2.52. The van der Waals surface area contributed by atoms with Gasteiger partial charge in [-0.05, 0) is 19.4 Å². The molecule has 1 saturated heterocycles. The number of hydrogen-bond donors (Lipinski definition) is 6. The lowest BCUT2D eigenvalue weighted by molar-refractivity contribution is -0.245. The summed E-state index contributed by atoms with van der Waals surface area (Å²) in [6, 6.07) is 0. The van der Waals surface area contributed by atoms with Gasteiger partial charge in [-0.15, -0.1) is 0 Å². The van der Waals surface area contributed by atoms with Gasteiger partial charge in [-0.1, -0.05) is 25.7 Å². The van der Waals surface area contributed by atoms with Crippen molar-refractivity contribution in [3.63, 3.8) is 0 Å². The quantitative estimate of drug-likeness (QED) is 0.263. The van der Waals surface area contributed by atoms with Gasteiger partial charge < -0.3 is 35.6 Å². The van der Waals surface area contributed by atoms with Crippen LogP contribution in [-0.2, 0) is 4.74 Å². The molecule has 1 heterocycles. The van der Waals surface area contributed by atoms with Crippen LogP contribution >= 0.6 is 0 Å². The zero-order chi connectivity index (χ0) is 15.7. The summed E-state index contributed by atoms with van der Waals surface area (Å²) in [6.07, 6.45) is 2.82. The van der Waals surface area contributed by atoms with Gasteiger partial charge in [0.25, 0.3) is 0 Å². The lowest BCUT2D eigenvalue weighted by atomic mass is 10.1. The van der Waals surface area contributed by atoms with Crippen LogP contribution < -0.4 is 5.32 Å². The molecule has 4 atom stereocenters. The standard InChI is InChI=1S/C14H29NO6/c16-8-6-4-2-1-3-5-7-15-9-11-12(18)13(19)14(20,10-17)21-11/h11-13,15-20H,1-10H2/t11-,12+,13-,14+/m0/s1. The van der Waals surface area contributed by atoms with E-state index in [-0.39, 0.29) is 6.61 Å². The summed E-state index contributed by atoms with van der Waals surface area (Å²) in [7, 11) is 0. The number of rotatable bonds is 11. The fourth-order valence-electron chi connectivity index (χ4n) is 2.48. The Labute approximate surface area is 125 Å². The van der Waals surface area contributed by atoms with Gasteiger partial charge >= 0.3 is 0 Å². The Morgan fingerprint density at radius 3 is 2.14 bits per heavy atom.